The molecule has 8 heteroatoms. The third kappa shape index (κ3) is 4.48. The van der Waals surface area contributed by atoms with Crippen molar-refractivity contribution >= 4 is 29.3 Å². The third-order valence-electron chi connectivity index (χ3n) is 4.14. The highest BCUT2D eigenvalue weighted by molar-refractivity contribution is 8.00. The standard InChI is InChI=1S/C19H20ClN5OS/c1-3-24(4-2)18(26)17(14-8-6-5-7-9-14)27-19-21-22-23-25(19)16-12-10-15(20)11-13-16/h5-13,17H,3-4H2,1-2H3/t17-/m0/s1. The van der Waals surface area contributed by atoms with Crippen LogP contribution in [0.4, 0.5) is 0 Å². The van der Waals surface area contributed by atoms with Gasteiger partial charge in [0.05, 0.1) is 5.69 Å². The van der Waals surface area contributed by atoms with Crippen LogP contribution >= 0.6 is 23.4 Å². The average Bonchev–Trinajstić information content (AvgIpc) is 3.16. The first-order valence-electron chi connectivity index (χ1n) is 8.68. The van der Waals surface area contributed by atoms with Gasteiger partial charge in [0.2, 0.25) is 11.1 Å². The van der Waals surface area contributed by atoms with E-state index in [-0.39, 0.29) is 5.91 Å². The highest BCUT2D eigenvalue weighted by Crippen LogP contribution is 2.36. The molecule has 0 unspecified atom stereocenters. The summed E-state index contributed by atoms with van der Waals surface area (Å²) >= 11 is 7.31. The molecular weight excluding hydrogens is 382 g/mol. The van der Waals surface area contributed by atoms with Crippen molar-refractivity contribution in [3.8, 4) is 5.69 Å². The van der Waals surface area contributed by atoms with Gasteiger partial charge in [0.15, 0.2) is 0 Å². The van der Waals surface area contributed by atoms with E-state index in [1.165, 1.54) is 11.8 Å². The van der Waals surface area contributed by atoms with Crippen LogP contribution < -0.4 is 0 Å². The Labute approximate surface area is 167 Å². The molecule has 3 rings (SSSR count). The number of hydrogen-bond donors (Lipinski definition) is 0. The maximum Gasteiger partial charge on any atom is 0.240 e. The number of carbonyl (C=O) groups excluding carboxylic acids is 1. The summed E-state index contributed by atoms with van der Waals surface area (Å²) < 4.78 is 1.62. The van der Waals surface area contributed by atoms with Crippen molar-refractivity contribution in [3.05, 3.63) is 65.2 Å². The van der Waals surface area contributed by atoms with Crippen LogP contribution in [0.5, 0.6) is 0 Å². The second kappa shape index (κ2) is 9.01. The first kappa shape index (κ1) is 19.4. The van der Waals surface area contributed by atoms with Crippen molar-refractivity contribution in [2.75, 3.05) is 13.1 Å². The molecule has 0 radical (unpaired) electrons. The number of benzene rings is 2. The van der Waals surface area contributed by atoms with Gasteiger partial charge in [0, 0.05) is 18.1 Å². The number of nitrogens with zero attached hydrogens (tertiary/aromatic N) is 5. The Morgan fingerprint density at radius 3 is 2.41 bits per heavy atom. The predicted molar refractivity (Wildman–Crippen MR) is 107 cm³/mol. The van der Waals surface area contributed by atoms with Crippen molar-refractivity contribution in [1.29, 1.82) is 0 Å². The van der Waals surface area contributed by atoms with Gasteiger partial charge in [-0.25, -0.2) is 0 Å². The summed E-state index contributed by atoms with van der Waals surface area (Å²) in [4.78, 5) is 15.0. The molecule has 27 heavy (non-hydrogen) atoms. The molecule has 0 aliphatic carbocycles. The second-order valence-corrected chi connectivity index (χ2v) is 7.28. The highest BCUT2D eigenvalue weighted by atomic mass is 35.5. The summed E-state index contributed by atoms with van der Waals surface area (Å²) in [5.41, 5.74) is 1.71. The molecule has 0 saturated carbocycles. The fourth-order valence-corrected chi connectivity index (χ4v) is 3.90. The van der Waals surface area contributed by atoms with E-state index < -0.39 is 5.25 Å². The van der Waals surface area contributed by atoms with Gasteiger partial charge in [-0.3, -0.25) is 4.79 Å². The molecule has 0 aliphatic heterocycles. The van der Waals surface area contributed by atoms with Gasteiger partial charge in [-0.1, -0.05) is 53.7 Å². The lowest BCUT2D eigenvalue weighted by molar-refractivity contribution is -0.130. The molecule has 1 heterocycles. The minimum absolute atomic E-state index is 0.0434. The number of aromatic nitrogens is 4. The molecule has 0 aliphatic rings. The van der Waals surface area contributed by atoms with Gasteiger partial charge in [0.25, 0.3) is 0 Å². The van der Waals surface area contributed by atoms with Crippen LogP contribution in [0, 0.1) is 0 Å². The topological polar surface area (TPSA) is 63.9 Å². The number of likely N-dealkylation sites (N-methyl/N-ethyl adjacent to an activating group) is 1. The summed E-state index contributed by atoms with van der Waals surface area (Å²) in [5.74, 6) is 0.0434. The van der Waals surface area contributed by atoms with E-state index in [0.717, 1.165) is 11.3 Å². The molecule has 0 bridgehead atoms. The molecule has 1 atom stereocenters. The summed E-state index contributed by atoms with van der Waals surface area (Å²) in [5, 5.41) is 12.8. The summed E-state index contributed by atoms with van der Waals surface area (Å²) in [6.07, 6.45) is 0. The van der Waals surface area contributed by atoms with E-state index in [0.29, 0.717) is 23.3 Å². The predicted octanol–water partition coefficient (Wildman–Crippen LogP) is 4.02. The molecule has 6 nitrogen and oxygen atoms in total. The first-order valence-corrected chi connectivity index (χ1v) is 9.94. The number of rotatable bonds is 7. The zero-order valence-corrected chi connectivity index (χ0v) is 16.7. The molecule has 0 saturated heterocycles. The summed E-state index contributed by atoms with van der Waals surface area (Å²) in [6, 6.07) is 16.9. The molecule has 2 aromatic carbocycles. The smallest absolute Gasteiger partial charge is 0.240 e. The Morgan fingerprint density at radius 2 is 1.78 bits per heavy atom. The summed E-state index contributed by atoms with van der Waals surface area (Å²) in [7, 11) is 0. The quantitative estimate of drug-likeness (QED) is 0.559. The Balaban J connectivity index is 1.95. The van der Waals surface area contributed by atoms with Gasteiger partial charge in [-0.05, 0) is 54.1 Å². The molecule has 0 fully saturated rings. The van der Waals surface area contributed by atoms with Crippen molar-refractivity contribution in [2.24, 2.45) is 0 Å². The lowest BCUT2D eigenvalue weighted by Crippen LogP contribution is -2.34. The first-order chi connectivity index (χ1) is 13.1. The average molecular weight is 402 g/mol. The molecule has 0 spiro atoms. The van der Waals surface area contributed by atoms with Crippen LogP contribution in [0.1, 0.15) is 24.7 Å². The Kier molecular flexibility index (Phi) is 6.47. The fourth-order valence-electron chi connectivity index (χ4n) is 2.69. The Hall–Kier alpha value is -2.38. The van der Waals surface area contributed by atoms with Crippen molar-refractivity contribution < 1.29 is 4.79 Å². The fraction of sp³-hybridized carbons (Fsp3) is 0.263. The van der Waals surface area contributed by atoms with Crippen molar-refractivity contribution in [3.63, 3.8) is 0 Å². The normalized spacial score (nSPS) is 12.0. The molecular formula is C19H20ClN5OS. The van der Waals surface area contributed by atoms with Crippen LogP contribution in [-0.4, -0.2) is 44.1 Å². The van der Waals surface area contributed by atoms with Crippen LogP contribution in [0.2, 0.25) is 5.02 Å². The molecule has 1 aromatic heterocycles. The number of tetrazole rings is 1. The monoisotopic (exact) mass is 401 g/mol. The number of thioether (sulfide) groups is 1. The maximum atomic E-state index is 13.1. The minimum atomic E-state index is -0.428. The number of hydrogen-bond acceptors (Lipinski definition) is 5. The molecule has 3 aromatic rings. The Bertz CT molecular complexity index is 881. The largest absolute Gasteiger partial charge is 0.342 e. The van der Waals surface area contributed by atoms with Crippen molar-refractivity contribution in [2.45, 2.75) is 24.3 Å². The SMILES string of the molecule is CCN(CC)C(=O)[C@@H](Sc1nnnn1-c1ccc(Cl)cc1)c1ccccc1. The van der Waals surface area contributed by atoms with Gasteiger partial charge >= 0.3 is 0 Å². The second-order valence-electron chi connectivity index (χ2n) is 5.77. The van der Waals surface area contributed by atoms with E-state index in [9.17, 15) is 4.79 Å². The number of halogens is 1. The number of carbonyl (C=O) groups is 1. The minimum Gasteiger partial charge on any atom is -0.342 e. The van der Waals surface area contributed by atoms with Crippen LogP contribution in [0.25, 0.3) is 5.69 Å². The van der Waals surface area contributed by atoms with Gasteiger partial charge < -0.3 is 4.90 Å². The van der Waals surface area contributed by atoms with Crippen LogP contribution in [0.3, 0.4) is 0 Å². The zero-order chi connectivity index (χ0) is 19.2. The van der Waals surface area contributed by atoms with E-state index in [4.69, 9.17) is 11.6 Å². The summed E-state index contributed by atoms with van der Waals surface area (Å²) in [6.45, 7) is 5.26. The van der Waals surface area contributed by atoms with E-state index in [1.807, 2.05) is 61.2 Å². The van der Waals surface area contributed by atoms with Crippen LogP contribution in [-0.2, 0) is 4.79 Å². The zero-order valence-electron chi connectivity index (χ0n) is 15.1. The van der Waals surface area contributed by atoms with Gasteiger partial charge in [-0.2, -0.15) is 4.68 Å². The molecule has 1 amide bonds. The van der Waals surface area contributed by atoms with E-state index >= 15 is 0 Å². The van der Waals surface area contributed by atoms with Crippen LogP contribution in [0.15, 0.2) is 59.8 Å². The van der Waals surface area contributed by atoms with E-state index in [1.54, 1.807) is 16.8 Å². The van der Waals surface area contributed by atoms with Gasteiger partial charge in [0.1, 0.15) is 5.25 Å². The maximum absolute atomic E-state index is 13.1. The lowest BCUT2D eigenvalue weighted by atomic mass is 10.1. The molecule has 140 valence electrons. The van der Waals surface area contributed by atoms with Gasteiger partial charge in [-0.15, -0.1) is 5.10 Å². The highest BCUT2D eigenvalue weighted by Gasteiger charge is 2.28. The Morgan fingerprint density at radius 1 is 1.11 bits per heavy atom. The third-order valence-corrected chi connectivity index (χ3v) is 5.56. The lowest BCUT2D eigenvalue weighted by Gasteiger charge is -2.24. The van der Waals surface area contributed by atoms with E-state index in [2.05, 4.69) is 15.5 Å². The molecule has 0 N–H and O–H groups in total. The van der Waals surface area contributed by atoms with Crippen molar-refractivity contribution in [1.82, 2.24) is 25.1 Å². The number of amides is 1.